The lowest BCUT2D eigenvalue weighted by Crippen LogP contribution is -2.30. The second kappa shape index (κ2) is 64.4. The van der Waals surface area contributed by atoms with Gasteiger partial charge in [0.2, 0.25) is 0 Å². The van der Waals surface area contributed by atoms with Crippen LogP contribution in [-0.2, 0) is 65.4 Å². The molecule has 0 rings (SSSR count). The van der Waals surface area contributed by atoms with Crippen LogP contribution in [0.1, 0.15) is 369 Å². The van der Waals surface area contributed by atoms with Crippen LogP contribution in [-0.4, -0.2) is 96.7 Å². The molecular formula is C71H138O17P2. The topological polar surface area (TPSA) is 237 Å². The predicted octanol–water partition coefficient (Wildman–Crippen LogP) is 20.5. The van der Waals surface area contributed by atoms with Crippen LogP contribution < -0.4 is 0 Å². The molecule has 17 nitrogen and oxygen atoms in total. The fourth-order valence-electron chi connectivity index (χ4n) is 10.8. The van der Waals surface area contributed by atoms with Crippen molar-refractivity contribution in [2.75, 3.05) is 39.6 Å². The Morgan fingerprint density at radius 1 is 0.311 bits per heavy atom. The number of phosphoric ester groups is 2. The number of ether oxygens (including phenoxy) is 4. The van der Waals surface area contributed by atoms with Crippen LogP contribution in [0.15, 0.2) is 0 Å². The van der Waals surface area contributed by atoms with Crippen molar-refractivity contribution in [1.82, 2.24) is 0 Å². The van der Waals surface area contributed by atoms with Crippen molar-refractivity contribution >= 4 is 39.5 Å². The van der Waals surface area contributed by atoms with E-state index in [0.29, 0.717) is 25.7 Å². The molecular weight excluding hydrogens is 1190 g/mol. The largest absolute Gasteiger partial charge is 0.472 e. The Morgan fingerprint density at radius 3 is 0.789 bits per heavy atom. The Kier molecular flexibility index (Phi) is 63.0. The summed E-state index contributed by atoms with van der Waals surface area (Å²) < 4.78 is 68.3. The van der Waals surface area contributed by atoms with Gasteiger partial charge in [0.25, 0.3) is 0 Å². The number of aliphatic hydroxyl groups is 1. The summed E-state index contributed by atoms with van der Waals surface area (Å²) in [6.45, 7) is 7.25. The van der Waals surface area contributed by atoms with Crippen molar-refractivity contribution in [1.29, 1.82) is 0 Å². The summed E-state index contributed by atoms with van der Waals surface area (Å²) in [5, 5.41) is 10.6. The van der Waals surface area contributed by atoms with Crippen LogP contribution in [0.4, 0.5) is 0 Å². The lowest BCUT2D eigenvalue weighted by Gasteiger charge is -2.21. The molecule has 0 aromatic carbocycles. The molecule has 0 bridgehead atoms. The van der Waals surface area contributed by atoms with Crippen molar-refractivity contribution in [3.8, 4) is 0 Å². The average Bonchev–Trinajstić information content (AvgIpc) is 3.41. The van der Waals surface area contributed by atoms with E-state index in [4.69, 9.17) is 37.0 Å². The third-order valence-corrected chi connectivity index (χ3v) is 18.8. The highest BCUT2D eigenvalue weighted by molar-refractivity contribution is 7.47. The zero-order valence-corrected chi connectivity index (χ0v) is 60.1. The number of unbranched alkanes of at least 4 members (excludes halogenated alkanes) is 42. The fourth-order valence-corrected chi connectivity index (χ4v) is 12.4. The minimum atomic E-state index is -4.95. The standard InChI is InChI=1S/C71H138O17P2/c1-6-10-13-16-19-22-25-27-29-31-34-40-45-50-55-69(74)82-60-66(87-70(75)56-51-46-41-35-32-30-28-26-23-20-17-14-11-7-2)62-85-89(77,78)83-58-65(72)59-84-90(79,80)86-63-67(61-81-68(73)54-49-44-39-33-24-21-18-15-12-8-3)88-71(76)57-52-47-42-37-36-38-43-48-53-64(5)9-4/h64-67,72H,6-63H2,1-5H3,(H,77,78)(H,79,80)/t64?,65-,66-,67-/m1/s1. The highest BCUT2D eigenvalue weighted by Gasteiger charge is 2.30. The molecule has 3 unspecified atom stereocenters. The van der Waals surface area contributed by atoms with Gasteiger partial charge < -0.3 is 33.8 Å². The van der Waals surface area contributed by atoms with Crippen LogP contribution in [0.2, 0.25) is 0 Å². The van der Waals surface area contributed by atoms with Crippen LogP contribution >= 0.6 is 15.6 Å². The summed E-state index contributed by atoms with van der Waals surface area (Å²) in [5.41, 5.74) is 0. The van der Waals surface area contributed by atoms with E-state index in [1.807, 2.05) is 0 Å². The Morgan fingerprint density at radius 2 is 0.533 bits per heavy atom. The monoisotopic (exact) mass is 1320 g/mol. The predicted molar refractivity (Wildman–Crippen MR) is 363 cm³/mol. The van der Waals surface area contributed by atoms with Crippen LogP contribution in [0.25, 0.3) is 0 Å². The minimum Gasteiger partial charge on any atom is -0.462 e. The SMILES string of the molecule is CCCCCCCCCCCCCCCCC(=O)OC[C@H](COP(=O)(O)OC[C@@H](O)COP(=O)(O)OC[C@@H](COC(=O)CCCCCCCCCCCC)OC(=O)CCCCCCCCCCC(C)CC)OC(=O)CCCCCCCCCCCCCCCC. The second-order valence-electron chi connectivity index (χ2n) is 25.9. The molecule has 3 N–H and O–H groups in total. The van der Waals surface area contributed by atoms with Crippen LogP contribution in [0, 0.1) is 5.92 Å². The van der Waals surface area contributed by atoms with Crippen molar-refractivity contribution in [3.05, 3.63) is 0 Å². The summed E-state index contributed by atoms with van der Waals surface area (Å²) in [6.07, 6.45) is 51.1. The van der Waals surface area contributed by atoms with E-state index in [9.17, 15) is 43.2 Å². The molecule has 0 aliphatic carbocycles. The lowest BCUT2D eigenvalue weighted by molar-refractivity contribution is -0.161. The van der Waals surface area contributed by atoms with E-state index < -0.39 is 97.5 Å². The first-order valence-electron chi connectivity index (χ1n) is 37.2. The normalized spacial score (nSPS) is 14.4. The Labute approximate surface area is 549 Å². The van der Waals surface area contributed by atoms with Gasteiger partial charge in [0, 0.05) is 25.7 Å². The van der Waals surface area contributed by atoms with Crippen molar-refractivity contribution in [2.45, 2.75) is 387 Å². The fraction of sp³-hybridized carbons (Fsp3) is 0.944. The summed E-state index contributed by atoms with van der Waals surface area (Å²) in [7, 11) is -9.90. The Bertz CT molecular complexity index is 1740. The molecule has 0 saturated heterocycles. The highest BCUT2D eigenvalue weighted by Crippen LogP contribution is 2.45. The first kappa shape index (κ1) is 88.1. The second-order valence-corrected chi connectivity index (χ2v) is 28.8. The van der Waals surface area contributed by atoms with E-state index in [0.717, 1.165) is 95.8 Å². The number of hydrogen-bond acceptors (Lipinski definition) is 15. The number of esters is 4. The van der Waals surface area contributed by atoms with E-state index in [-0.39, 0.29) is 25.7 Å². The highest BCUT2D eigenvalue weighted by atomic mass is 31.2. The molecule has 6 atom stereocenters. The van der Waals surface area contributed by atoms with E-state index in [1.165, 1.54) is 193 Å². The molecule has 0 aromatic rings. The van der Waals surface area contributed by atoms with Gasteiger partial charge in [-0.2, -0.15) is 0 Å². The molecule has 0 amide bonds. The number of rotatable bonds is 71. The summed E-state index contributed by atoms with van der Waals surface area (Å²) >= 11 is 0. The smallest absolute Gasteiger partial charge is 0.462 e. The van der Waals surface area contributed by atoms with Crippen molar-refractivity contribution in [3.63, 3.8) is 0 Å². The van der Waals surface area contributed by atoms with Gasteiger partial charge in [-0.05, 0) is 31.6 Å². The molecule has 19 heteroatoms. The third kappa shape index (κ3) is 63.5. The number of hydrogen-bond donors (Lipinski definition) is 3. The molecule has 90 heavy (non-hydrogen) atoms. The molecule has 0 aliphatic rings. The van der Waals surface area contributed by atoms with E-state index >= 15 is 0 Å². The third-order valence-electron chi connectivity index (χ3n) is 16.9. The summed E-state index contributed by atoms with van der Waals surface area (Å²) in [5.74, 6) is -1.35. The van der Waals surface area contributed by atoms with Crippen molar-refractivity contribution < 1.29 is 80.2 Å². The molecule has 0 fully saturated rings. The van der Waals surface area contributed by atoms with Crippen molar-refractivity contribution in [2.24, 2.45) is 5.92 Å². The first-order chi connectivity index (χ1) is 43.6. The maximum Gasteiger partial charge on any atom is 0.472 e. The van der Waals surface area contributed by atoms with Gasteiger partial charge in [-0.15, -0.1) is 0 Å². The van der Waals surface area contributed by atoms with Gasteiger partial charge >= 0.3 is 39.5 Å². The first-order valence-corrected chi connectivity index (χ1v) is 40.2. The maximum absolute atomic E-state index is 13.0. The van der Waals surface area contributed by atoms with Gasteiger partial charge in [0.05, 0.1) is 26.4 Å². The number of aliphatic hydroxyl groups excluding tert-OH is 1. The van der Waals surface area contributed by atoms with Gasteiger partial charge in [-0.3, -0.25) is 37.3 Å². The number of carbonyl (C=O) groups is 4. The van der Waals surface area contributed by atoms with Gasteiger partial charge in [-0.1, -0.05) is 317 Å². The molecule has 0 aromatic heterocycles. The molecule has 0 spiro atoms. The number of carbonyl (C=O) groups excluding carboxylic acids is 4. The Balaban J connectivity index is 5.25. The molecule has 534 valence electrons. The molecule has 0 radical (unpaired) electrons. The van der Waals surface area contributed by atoms with E-state index in [1.54, 1.807) is 0 Å². The maximum atomic E-state index is 13.0. The number of phosphoric acid groups is 2. The quantitative estimate of drug-likeness (QED) is 0.0222. The zero-order chi connectivity index (χ0) is 66.3. The van der Waals surface area contributed by atoms with Crippen LogP contribution in [0.5, 0.6) is 0 Å². The van der Waals surface area contributed by atoms with Gasteiger partial charge in [-0.25, -0.2) is 9.13 Å². The van der Waals surface area contributed by atoms with Crippen LogP contribution in [0.3, 0.4) is 0 Å². The summed E-state index contributed by atoms with van der Waals surface area (Å²) in [4.78, 5) is 72.6. The van der Waals surface area contributed by atoms with Gasteiger partial charge in [0.1, 0.15) is 19.3 Å². The van der Waals surface area contributed by atoms with Gasteiger partial charge in [0.15, 0.2) is 12.2 Å². The minimum absolute atomic E-state index is 0.105. The molecule has 0 heterocycles. The van der Waals surface area contributed by atoms with E-state index in [2.05, 4.69) is 34.6 Å². The summed E-state index contributed by atoms with van der Waals surface area (Å²) in [6, 6.07) is 0. The lowest BCUT2D eigenvalue weighted by atomic mass is 9.99. The average molecular weight is 1330 g/mol. The Hall–Kier alpha value is -1.94. The molecule has 0 saturated carbocycles. The molecule has 0 aliphatic heterocycles. The zero-order valence-electron chi connectivity index (χ0n) is 58.3.